The van der Waals surface area contributed by atoms with E-state index in [4.69, 9.17) is 9.47 Å². The van der Waals surface area contributed by atoms with Gasteiger partial charge in [-0.15, -0.1) is 0 Å². The Bertz CT molecular complexity index is 348. The van der Waals surface area contributed by atoms with E-state index in [9.17, 15) is 0 Å². The number of nitrogens with one attached hydrogen (secondary N) is 1. The zero-order valence-corrected chi connectivity index (χ0v) is 11.2. The highest BCUT2D eigenvalue weighted by Gasteiger charge is 2.13. The predicted molar refractivity (Wildman–Crippen MR) is 73.1 cm³/mol. The Kier molecular flexibility index (Phi) is 5.49. The molecule has 3 nitrogen and oxygen atoms in total. The van der Waals surface area contributed by atoms with Crippen LogP contribution in [0.3, 0.4) is 0 Å². The van der Waals surface area contributed by atoms with Gasteiger partial charge in [-0.2, -0.15) is 0 Å². The molecule has 3 heteroatoms. The summed E-state index contributed by atoms with van der Waals surface area (Å²) in [6.45, 7) is 5.74. The van der Waals surface area contributed by atoms with E-state index < -0.39 is 0 Å². The lowest BCUT2D eigenvalue weighted by Gasteiger charge is -2.11. The number of aryl methyl sites for hydroxylation is 1. The molecule has 1 fully saturated rings. The molecular weight excluding hydrogens is 226 g/mol. The van der Waals surface area contributed by atoms with Crippen LogP contribution >= 0.6 is 0 Å². The van der Waals surface area contributed by atoms with Gasteiger partial charge in [-0.25, -0.2) is 0 Å². The lowest BCUT2D eigenvalue weighted by Crippen LogP contribution is -2.27. The first kappa shape index (κ1) is 13.4. The summed E-state index contributed by atoms with van der Waals surface area (Å²) >= 11 is 0. The first-order chi connectivity index (χ1) is 8.86. The summed E-state index contributed by atoms with van der Waals surface area (Å²) in [5.41, 5.74) is 1.20. The number of ether oxygens (including phenoxy) is 2. The summed E-state index contributed by atoms with van der Waals surface area (Å²) in [5.74, 6) is 0.997. The van der Waals surface area contributed by atoms with E-state index in [1.54, 1.807) is 0 Å². The van der Waals surface area contributed by atoms with Gasteiger partial charge in [-0.1, -0.05) is 18.2 Å². The second-order valence-corrected chi connectivity index (χ2v) is 4.81. The van der Waals surface area contributed by atoms with Gasteiger partial charge in [-0.05, 0) is 44.4 Å². The van der Waals surface area contributed by atoms with Crippen LogP contribution < -0.4 is 10.1 Å². The molecule has 1 atom stereocenters. The fourth-order valence-corrected chi connectivity index (χ4v) is 2.17. The van der Waals surface area contributed by atoms with Crippen LogP contribution in [0.1, 0.15) is 24.8 Å². The fourth-order valence-electron chi connectivity index (χ4n) is 2.17. The Morgan fingerprint density at radius 2 is 2.28 bits per heavy atom. The highest BCUT2D eigenvalue weighted by molar-refractivity contribution is 5.31. The van der Waals surface area contributed by atoms with E-state index >= 15 is 0 Å². The molecule has 0 saturated carbocycles. The molecule has 1 aliphatic rings. The predicted octanol–water partition coefficient (Wildman–Crippen LogP) is 2.53. The van der Waals surface area contributed by atoms with Gasteiger partial charge in [-0.3, -0.25) is 0 Å². The topological polar surface area (TPSA) is 30.5 Å². The monoisotopic (exact) mass is 249 g/mol. The van der Waals surface area contributed by atoms with Crippen LogP contribution in [-0.4, -0.2) is 32.4 Å². The maximum Gasteiger partial charge on any atom is 0.122 e. The van der Waals surface area contributed by atoms with Crippen LogP contribution in [0, 0.1) is 6.92 Å². The number of para-hydroxylation sites is 1. The molecule has 1 aromatic rings. The van der Waals surface area contributed by atoms with Crippen LogP contribution in [-0.2, 0) is 4.74 Å². The van der Waals surface area contributed by atoms with Gasteiger partial charge in [0.2, 0.25) is 0 Å². The maximum absolute atomic E-state index is 5.74. The lowest BCUT2D eigenvalue weighted by atomic mass is 10.2. The number of benzene rings is 1. The minimum Gasteiger partial charge on any atom is -0.493 e. The van der Waals surface area contributed by atoms with E-state index in [1.165, 1.54) is 18.4 Å². The molecule has 1 aromatic carbocycles. The number of hydrogen-bond acceptors (Lipinski definition) is 3. The highest BCUT2D eigenvalue weighted by atomic mass is 16.5. The van der Waals surface area contributed by atoms with Gasteiger partial charge in [0.15, 0.2) is 0 Å². The SMILES string of the molecule is Cc1ccccc1OCCCNC[C@@H]1CCCO1. The Balaban J connectivity index is 1.52. The molecule has 100 valence electrons. The summed E-state index contributed by atoms with van der Waals surface area (Å²) in [6.07, 6.45) is 3.87. The third-order valence-electron chi connectivity index (χ3n) is 3.25. The maximum atomic E-state index is 5.74. The number of rotatable bonds is 7. The summed E-state index contributed by atoms with van der Waals surface area (Å²) in [4.78, 5) is 0. The van der Waals surface area contributed by atoms with E-state index in [0.717, 1.165) is 38.5 Å². The Morgan fingerprint density at radius 3 is 3.06 bits per heavy atom. The average molecular weight is 249 g/mol. The molecule has 1 N–H and O–H groups in total. The van der Waals surface area contributed by atoms with Crippen LogP contribution in [0.15, 0.2) is 24.3 Å². The zero-order chi connectivity index (χ0) is 12.6. The zero-order valence-electron chi connectivity index (χ0n) is 11.2. The van der Waals surface area contributed by atoms with Crippen molar-refractivity contribution in [3.05, 3.63) is 29.8 Å². The summed E-state index contributed by atoms with van der Waals surface area (Å²) in [6, 6.07) is 8.14. The largest absolute Gasteiger partial charge is 0.493 e. The van der Waals surface area contributed by atoms with Gasteiger partial charge >= 0.3 is 0 Å². The molecule has 0 bridgehead atoms. The molecule has 1 saturated heterocycles. The molecule has 0 amide bonds. The van der Waals surface area contributed by atoms with E-state index in [0.29, 0.717) is 6.10 Å². The summed E-state index contributed by atoms with van der Waals surface area (Å²) in [7, 11) is 0. The van der Waals surface area contributed by atoms with Crippen LogP contribution in [0.5, 0.6) is 5.75 Å². The molecule has 0 spiro atoms. The second-order valence-electron chi connectivity index (χ2n) is 4.81. The van der Waals surface area contributed by atoms with Crippen LogP contribution in [0.4, 0.5) is 0 Å². The minimum atomic E-state index is 0.433. The van der Waals surface area contributed by atoms with Crippen molar-refractivity contribution in [2.24, 2.45) is 0 Å². The molecule has 1 heterocycles. The lowest BCUT2D eigenvalue weighted by molar-refractivity contribution is 0.110. The standard InChI is InChI=1S/C15H23NO2/c1-13-6-2-3-8-15(13)18-11-5-9-16-12-14-7-4-10-17-14/h2-3,6,8,14,16H,4-5,7,9-12H2,1H3/t14-/m0/s1. The van der Waals surface area contributed by atoms with Crippen molar-refractivity contribution in [2.45, 2.75) is 32.3 Å². The Labute approximate surface area is 109 Å². The van der Waals surface area contributed by atoms with Crippen molar-refractivity contribution in [3.8, 4) is 5.75 Å². The Morgan fingerprint density at radius 1 is 1.39 bits per heavy atom. The molecule has 0 aromatic heterocycles. The second kappa shape index (κ2) is 7.39. The van der Waals surface area contributed by atoms with Crippen molar-refractivity contribution in [2.75, 3.05) is 26.3 Å². The Hall–Kier alpha value is -1.06. The average Bonchev–Trinajstić information content (AvgIpc) is 2.89. The van der Waals surface area contributed by atoms with Gasteiger partial charge in [0, 0.05) is 13.2 Å². The van der Waals surface area contributed by atoms with E-state index in [2.05, 4.69) is 18.3 Å². The van der Waals surface area contributed by atoms with Crippen LogP contribution in [0.2, 0.25) is 0 Å². The third kappa shape index (κ3) is 4.31. The quantitative estimate of drug-likeness (QED) is 0.753. The number of hydrogen-bond donors (Lipinski definition) is 1. The first-order valence-electron chi connectivity index (χ1n) is 6.87. The molecule has 18 heavy (non-hydrogen) atoms. The van der Waals surface area contributed by atoms with Crippen molar-refractivity contribution in [1.82, 2.24) is 5.32 Å². The summed E-state index contributed by atoms with van der Waals surface area (Å²) < 4.78 is 11.3. The molecule has 0 unspecified atom stereocenters. The van der Waals surface area contributed by atoms with Crippen molar-refractivity contribution in [1.29, 1.82) is 0 Å². The van der Waals surface area contributed by atoms with Gasteiger partial charge < -0.3 is 14.8 Å². The highest BCUT2D eigenvalue weighted by Crippen LogP contribution is 2.16. The van der Waals surface area contributed by atoms with Crippen molar-refractivity contribution in [3.63, 3.8) is 0 Å². The fraction of sp³-hybridized carbons (Fsp3) is 0.600. The van der Waals surface area contributed by atoms with Gasteiger partial charge in [0.05, 0.1) is 12.7 Å². The van der Waals surface area contributed by atoms with Gasteiger partial charge in [0.1, 0.15) is 5.75 Å². The molecule has 0 radical (unpaired) electrons. The van der Waals surface area contributed by atoms with Crippen LogP contribution in [0.25, 0.3) is 0 Å². The summed E-state index contributed by atoms with van der Waals surface area (Å²) in [5, 5.41) is 3.42. The molecule has 1 aliphatic heterocycles. The molecule has 0 aliphatic carbocycles. The molecular formula is C15H23NO2. The molecule has 2 rings (SSSR count). The third-order valence-corrected chi connectivity index (χ3v) is 3.25. The smallest absolute Gasteiger partial charge is 0.122 e. The first-order valence-corrected chi connectivity index (χ1v) is 6.87. The van der Waals surface area contributed by atoms with Crippen molar-refractivity contribution < 1.29 is 9.47 Å². The van der Waals surface area contributed by atoms with E-state index in [1.807, 2.05) is 18.2 Å². The normalized spacial score (nSPS) is 19.1. The van der Waals surface area contributed by atoms with Crippen molar-refractivity contribution >= 4 is 0 Å². The van der Waals surface area contributed by atoms with E-state index in [-0.39, 0.29) is 0 Å². The minimum absolute atomic E-state index is 0.433. The van der Waals surface area contributed by atoms with Gasteiger partial charge in [0.25, 0.3) is 0 Å².